The van der Waals surface area contributed by atoms with Crippen LogP contribution < -0.4 is 16.0 Å². The van der Waals surface area contributed by atoms with E-state index in [1.165, 1.54) is 0 Å². The molecule has 3 heteroatoms. The topological polar surface area (TPSA) is 36.1 Å². The number of hydrogen-bond acceptors (Lipinski definition) is 3. The van der Waals surface area contributed by atoms with Gasteiger partial charge in [0, 0.05) is 34.1 Å². The van der Waals surface area contributed by atoms with Gasteiger partial charge in [-0.15, -0.1) is 0 Å². The summed E-state index contributed by atoms with van der Waals surface area (Å²) in [5.41, 5.74) is 7.49. The molecule has 0 aliphatic carbocycles. The molecule has 0 aliphatic rings. The fourth-order valence-electron chi connectivity index (χ4n) is 3.09. The van der Waals surface area contributed by atoms with Gasteiger partial charge >= 0.3 is 0 Å². The summed E-state index contributed by atoms with van der Waals surface area (Å²) in [4.78, 5) is 0. The molecule has 0 aromatic heterocycles. The van der Waals surface area contributed by atoms with Crippen molar-refractivity contribution in [3.63, 3.8) is 0 Å². The summed E-state index contributed by atoms with van der Waals surface area (Å²) < 4.78 is 0. The molecule has 0 saturated carbocycles. The third kappa shape index (κ3) is 4.33. The minimum absolute atomic E-state index is 1.02. The molecule has 4 rings (SSSR count). The Labute approximate surface area is 166 Å². The van der Waals surface area contributed by atoms with Gasteiger partial charge in [-0.25, -0.2) is 0 Å². The van der Waals surface area contributed by atoms with Gasteiger partial charge in [-0.2, -0.15) is 0 Å². The molecule has 0 saturated heterocycles. The van der Waals surface area contributed by atoms with E-state index < -0.39 is 0 Å². The minimum Gasteiger partial charge on any atom is -0.355 e. The predicted molar refractivity (Wildman–Crippen MR) is 120 cm³/mol. The number of hydrogen-bond donors (Lipinski definition) is 3. The Bertz CT molecular complexity index is 967. The molecule has 138 valence electrons. The number of anilines is 6. The van der Waals surface area contributed by atoms with Crippen LogP contribution in [-0.4, -0.2) is 0 Å². The van der Waals surface area contributed by atoms with E-state index in [0.29, 0.717) is 0 Å². The van der Waals surface area contributed by atoms with Crippen LogP contribution in [0, 0.1) is 6.92 Å². The fraction of sp³-hybridized carbons (Fsp3) is 0.0400. The van der Waals surface area contributed by atoms with E-state index in [1.54, 1.807) is 0 Å². The lowest BCUT2D eigenvalue weighted by molar-refractivity contribution is 1.40. The van der Waals surface area contributed by atoms with Gasteiger partial charge in [0.05, 0.1) is 0 Å². The first-order valence-electron chi connectivity index (χ1n) is 9.39. The maximum absolute atomic E-state index is 3.54. The number of para-hydroxylation sites is 3. The van der Waals surface area contributed by atoms with Crippen molar-refractivity contribution in [3.05, 3.63) is 109 Å². The largest absolute Gasteiger partial charge is 0.355 e. The molecule has 28 heavy (non-hydrogen) atoms. The molecule has 0 spiro atoms. The summed E-state index contributed by atoms with van der Waals surface area (Å²) >= 11 is 0. The Balaban J connectivity index is 1.71. The average molecular weight is 365 g/mol. The van der Waals surface area contributed by atoms with E-state index in [1.807, 2.05) is 54.6 Å². The monoisotopic (exact) mass is 365 g/mol. The van der Waals surface area contributed by atoms with Crippen LogP contribution in [0.3, 0.4) is 0 Å². The van der Waals surface area contributed by atoms with Crippen LogP contribution in [-0.2, 0) is 0 Å². The highest BCUT2D eigenvalue weighted by atomic mass is 14.9. The van der Waals surface area contributed by atoms with E-state index in [9.17, 15) is 0 Å². The minimum atomic E-state index is 1.02. The zero-order chi connectivity index (χ0) is 19.2. The summed E-state index contributed by atoms with van der Waals surface area (Å²) in [6.07, 6.45) is 0. The summed E-state index contributed by atoms with van der Waals surface area (Å²) in [6, 6.07) is 35.0. The number of rotatable bonds is 6. The zero-order valence-corrected chi connectivity index (χ0v) is 15.8. The molecule has 0 unspecified atom stereocenters. The number of benzene rings is 4. The molecule has 0 heterocycles. The Morgan fingerprint density at radius 2 is 0.786 bits per heavy atom. The highest BCUT2D eigenvalue weighted by Gasteiger charge is 2.09. The summed E-state index contributed by atoms with van der Waals surface area (Å²) in [6.45, 7) is 2.13. The van der Waals surface area contributed by atoms with Crippen LogP contribution in [0.5, 0.6) is 0 Å². The summed E-state index contributed by atoms with van der Waals surface area (Å²) in [5.74, 6) is 0. The van der Waals surface area contributed by atoms with Gasteiger partial charge in [-0.3, -0.25) is 0 Å². The molecule has 0 radical (unpaired) electrons. The molecule has 4 aromatic carbocycles. The van der Waals surface area contributed by atoms with E-state index in [2.05, 4.69) is 71.4 Å². The van der Waals surface area contributed by atoms with Gasteiger partial charge in [0.15, 0.2) is 0 Å². The van der Waals surface area contributed by atoms with Crippen LogP contribution in [0.15, 0.2) is 103 Å². The number of nitrogens with one attached hydrogen (secondary N) is 3. The fourth-order valence-corrected chi connectivity index (χ4v) is 3.09. The van der Waals surface area contributed by atoms with Gasteiger partial charge in [-0.1, -0.05) is 54.6 Å². The van der Waals surface area contributed by atoms with Crippen molar-refractivity contribution < 1.29 is 0 Å². The standard InChI is InChI=1S/C25H23N3/c1-19-24(27-21-13-7-3-8-14-21)17-23(26-20-11-5-2-6-12-20)18-25(19)28-22-15-9-4-10-16-22/h2-18,26-28H,1H3. The first-order valence-corrected chi connectivity index (χ1v) is 9.39. The zero-order valence-electron chi connectivity index (χ0n) is 15.8. The van der Waals surface area contributed by atoms with E-state index in [-0.39, 0.29) is 0 Å². The predicted octanol–water partition coefficient (Wildman–Crippen LogP) is 7.23. The quantitative estimate of drug-likeness (QED) is 0.337. The van der Waals surface area contributed by atoms with Crippen LogP contribution in [0.4, 0.5) is 34.1 Å². The van der Waals surface area contributed by atoms with Crippen molar-refractivity contribution in [2.45, 2.75) is 6.92 Å². The van der Waals surface area contributed by atoms with Crippen molar-refractivity contribution in [2.24, 2.45) is 0 Å². The summed E-state index contributed by atoms with van der Waals surface area (Å²) in [5, 5.41) is 10.6. The maximum Gasteiger partial charge on any atom is 0.0455 e. The maximum atomic E-state index is 3.54. The Morgan fingerprint density at radius 3 is 1.18 bits per heavy atom. The first kappa shape index (κ1) is 17.7. The van der Waals surface area contributed by atoms with Gasteiger partial charge in [0.1, 0.15) is 0 Å². The lowest BCUT2D eigenvalue weighted by Gasteiger charge is -2.18. The van der Waals surface area contributed by atoms with E-state index in [4.69, 9.17) is 0 Å². The third-order valence-corrected chi connectivity index (χ3v) is 4.58. The first-order chi connectivity index (χ1) is 13.8. The van der Waals surface area contributed by atoms with E-state index in [0.717, 1.165) is 39.7 Å². The Hall–Kier alpha value is -3.72. The molecule has 0 fully saturated rings. The SMILES string of the molecule is Cc1c(Nc2ccccc2)cc(Nc2ccccc2)cc1Nc1ccccc1. The Morgan fingerprint density at radius 1 is 0.429 bits per heavy atom. The van der Waals surface area contributed by atoms with Crippen molar-refractivity contribution in [1.29, 1.82) is 0 Å². The molecule has 0 bridgehead atoms. The Kier molecular flexibility index (Phi) is 5.25. The second-order valence-electron chi connectivity index (χ2n) is 6.67. The van der Waals surface area contributed by atoms with Crippen LogP contribution in [0.25, 0.3) is 0 Å². The normalized spacial score (nSPS) is 10.3. The highest BCUT2D eigenvalue weighted by molar-refractivity contribution is 5.80. The van der Waals surface area contributed by atoms with Crippen LogP contribution >= 0.6 is 0 Å². The van der Waals surface area contributed by atoms with E-state index >= 15 is 0 Å². The lowest BCUT2D eigenvalue weighted by atomic mass is 10.1. The van der Waals surface area contributed by atoms with Gasteiger partial charge in [0.25, 0.3) is 0 Å². The second-order valence-corrected chi connectivity index (χ2v) is 6.67. The molecular formula is C25H23N3. The smallest absolute Gasteiger partial charge is 0.0455 e. The van der Waals surface area contributed by atoms with Crippen molar-refractivity contribution in [1.82, 2.24) is 0 Å². The van der Waals surface area contributed by atoms with Crippen LogP contribution in [0.1, 0.15) is 5.56 Å². The average Bonchev–Trinajstić information content (AvgIpc) is 2.74. The second kappa shape index (κ2) is 8.31. The summed E-state index contributed by atoms with van der Waals surface area (Å²) in [7, 11) is 0. The van der Waals surface area contributed by atoms with Crippen molar-refractivity contribution in [3.8, 4) is 0 Å². The van der Waals surface area contributed by atoms with Crippen molar-refractivity contribution >= 4 is 34.1 Å². The molecule has 3 nitrogen and oxygen atoms in total. The molecular weight excluding hydrogens is 342 g/mol. The molecule has 3 N–H and O–H groups in total. The molecule has 0 amide bonds. The molecule has 0 aliphatic heterocycles. The van der Waals surface area contributed by atoms with Crippen LogP contribution in [0.2, 0.25) is 0 Å². The molecule has 0 atom stereocenters. The van der Waals surface area contributed by atoms with Gasteiger partial charge in [-0.05, 0) is 61.0 Å². The third-order valence-electron chi connectivity index (χ3n) is 4.58. The van der Waals surface area contributed by atoms with Crippen molar-refractivity contribution in [2.75, 3.05) is 16.0 Å². The lowest BCUT2D eigenvalue weighted by Crippen LogP contribution is -2.01. The van der Waals surface area contributed by atoms with Gasteiger partial charge in [0.2, 0.25) is 0 Å². The highest BCUT2D eigenvalue weighted by Crippen LogP contribution is 2.34. The van der Waals surface area contributed by atoms with Gasteiger partial charge < -0.3 is 16.0 Å². The molecule has 4 aromatic rings.